The molecule has 1 atom stereocenters. The lowest BCUT2D eigenvalue weighted by atomic mass is 10.0. The maximum Gasteiger partial charge on any atom is 0.251 e. The molecule has 19 heavy (non-hydrogen) atoms. The van der Waals surface area contributed by atoms with Crippen LogP contribution in [0.25, 0.3) is 0 Å². The zero-order valence-electron chi connectivity index (χ0n) is 12.1. The van der Waals surface area contributed by atoms with E-state index in [4.69, 9.17) is 0 Å². The highest BCUT2D eigenvalue weighted by molar-refractivity contribution is 7.98. The molecule has 3 nitrogen and oxygen atoms in total. The Morgan fingerprint density at radius 3 is 2.42 bits per heavy atom. The van der Waals surface area contributed by atoms with E-state index in [-0.39, 0.29) is 12.5 Å². The fourth-order valence-corrected chi connectivity index (χ4v) is 2.48. The van der Waals surface area contributed by atoms with Gasteiger partial charge in [-0.2, -0.15) is 11.8 Å². The number of hydrogen-bond acceptors (Lipinski definition) is 3. The fourth-order valence-electron chi connectivity index (χ4n) is 1.75. The minimum Gasteiger partial charge on any atom is -0.387 e. The predicted octanol–water partition coefficient (Wildman–Crippen LogP) is 2.65. The summed E-state index contributed by atoms with van der Waals surface area (Å²) < 4.78 is 0. The van der Waals surface area contributed by atoms with Crippen molar-refractivity contribution in [3.8, 4) is 0 Å². The minimum absolute atomic E-state index is 0.142. The Bertz CT molecular complexity index is 413. The Labute approximate surface area is 119 Å². The molecule has 0 radical (unpaired) electrons. The van der Waals surface area contributed by atoms with Crippen LogP contribution in [0.1, 0.15) is 42.6 Å². The lowest BCUT2D eigenvalue weighted by molar-refractivity contribution is 0.0725. The van der Waals surface area contributed by atoms with Crippen molar-refractivity contribution in [1.29, 1.82) is 0 Å². The number of carbonyl (C=O) groups excluding carboxylic acids is 1. The summed E-state index contributed by atoms with van der Waals surface area (Å²) in [4.78, 5) is 11.9. The summed E-state index contributed by atoms with van der Waals surface area (Å²) in [6, 6.07) is 7.60. The van der Waals surface area contributed by atoms with E-state index in [9.17, 15) is 9.90 Å². The average molecular weight is 281 g/mol. The fraction of sp³-hybridized carbons (Fsp3) is 0.533. The third-order valence-electron chi connectivity index (χ3n) is 2.92. The standard InChI is InChI=1S/C15H23NO2S/c1-11(2)12-5-7-13(8-6-12)14(17)16-9-15(3,18)10-19-4/h5-8,11,18H,9-10H2,1-4H3,(H,16,17). The molecular weight excluding hydrogens is 258 g/mol. The Kier molecular flexibility index (Phi) is 5.88. The normalized spacial score (nSPS) is 14.2. The lowest BCUT2D eigenvalue weighted by Crippen LogP contribution is -2.42. The van der Waals surface area contributed by atoms with Gasteiger partial charge in [0.25, 0.3) is 5.91 Å². The highest BCUT2D eigenvalue weighted by Crippen LogP contribution is 2.15. The van der Waals surface area contributed by atoms with Crippen molar-refractivity contribution in [3.05, 3.63) is 35.4 Å². The van der Waals surface area contributed by atoms with Crippen molar-refractivity contribution in [2.45, 2.75) is 32.3 Å². The van der Waals surface area contributed by atoms with Gasteiger partial charge in [-0.25, -0.2) is 0 Å². The number of nitrogens with one attached hydrogen (secondary N) is 1. The van der Waals surface area contributed by atoms with Crippen LogP contribution < -0.4 is 5.32 Å². The van der Waals surface area contributed by atoms with Crippen LogP contribution in [0.15, 0.2) is 24.3 Å². The lowest BCUT2D eigenvalue weighted by Gasteiger charge is -2.22. The Morgan fingerprint density at radius 1 is 1.37 bits per heavy atom. The first kappa shape index (κ1) is 16.1. The molecular formula is C15H23NO2S. The molecule has 0 aliphatic heterocycles. The summed E-state index contributed by atoms with van der Waals surface area (Å²) in [5.74, 6) is 0.913. The number of hydrogen-bond donors (Lipinski definition) is 2. The van der Waals surface area contributed by atoms with E-state index < -0.39 is 5.60 Å². The second-order valence-electron chi connectivity index (χ2n) is 5.39. The quantitative estimate of drug-likeness (QED) is 0.843. The first-order valence-electron chi connectivity index (χ1n) is 6.45. The summed E-state index contributed by atoms with van der Waals surface area (Å²) in [7, 11) is 0. The van der Waals surface area contributed by atoms with Crippen molar-refractivity contribution in [3.63, 3.8) is 0 Å². The van der Waals surface area contributed by atoms with Gasteiger partial charge < -0.3 is 10.4 Å². The molecule has 1 rings (SSSR count). The van der Waals surface area contributed by atoms with Gasteiger partial charge in [-0.15, -0.1) is 0 Å². The van der Waals surface area contributed by atoms with Crippen molar-refractivity contribution < 1.29 is 9.90 Å². The third-order valence-corrected chi connectivity index (χ3v) is 3.84. The molecule has 0 saturated carbocycles. The average Bonchev–Trinajstić information content (AvgIpc) is 2.36. The number of carbonyl (C=O) groups is 1. The first-order valence-corrected chi connectivity index (χ1v) is 7.84. The summed E-state index contributed by atoms with van der Waals surface area (Å²) in [5.41, 5.74) is 0.975. The van der Waals surface area contributed by atoms with E-state index in [2.05, 4.69) is 19.2 Å². The summed E-state index contributed by atoms with van der Waals surface area (Å²) in [6.45, 7) is 6.23. The van der Waals surface area contributed by atoms with E-state index in [0.29, 0.717) is 17.2 Å². The molecule has 0 aromatic heterocycles. The van der Waals surface area contributed by atoms with Crippen LogP contribution in [0.2, 0.25) is 0 Å². The molecule has 0 saturated heterocycles. The van der Waals surface area contributed by atoms with Gasteiger partial charge in [-0.1, -0.05) is 26.0 Å². The van der Waals surface area contributed by atoms with Crippen LogP contribution in [0, 0.1) is 0 Å². The summed E-state index contributed by atoms with van der Waals surface area (Å²) in [5, 5.41) is 12.8. The smallest absolute Gasteiger partial charge is 0.251 e. The largest absolute Gasteiger partial charge is 0.387 e. The zero-order chi connectivity index (χ0) is 14.5. The van der Waals surface area contributed by atoms with Gasteiger partial charge in [0.15, 0.2) is 0 Å². The highest BCUT2D eigenvalue weighted by Gasteiger charge is 2.20. The van der Waals surface area contributed by atoms with Gasteiger partial charge in [-0.05, 0) is 36.8 Å². The summed E-state index contributed by atoms with van der Waals surface area (Å²) in [6.07, 6.45) is 1.93. The molecule has 0 aliphatic carbocycles. The zero-order valence-corrected chi connectivity index (χ0v) is 12.9. The molecule has 1 aromatic carbocycles. The molecule has 2 N–H and O–H groups in total. The molecule has 0 fully saturated rings. The van der Waals surface area contributed by atoms with Gasteiger partial charge in [0.1, 0.15) is 0 Å². The molecule has 0 aliphatic rings. The number of amides is 1. The van der Waals surface area contributed by atoms with E-state index in [1.54, 1.807) is 18.7 Å². The van der Waals surface area contributed by atoms with Gasteiger partial charge in [0.2, 0.25) is 0 Å². The molecule has 0 heterocycles. The molecule has 4 heteroatoms. The topological polar surface area (TPSA) is 49.3 Å². The maximum absolute atomic E-state index is 11.9. The minimum atomic E-state index is -0.868. The van der Waals surface area contributed by atoms with E-state index in [1.165, 1.54) is 5.56 Å². The third kappa shape index (κ3) is 5.25. The van der Waals surface area contributed by atoms with Crippen molar-refractivity contribution >= 4 is 17.7 Å². The van der Waals surface area contributed by atoms with Crippen LogP contribution in [0.3, 0.4) is 0 Å². The monoisotopic (exact) mass is 281 g/mol. The highest BCUT2D eigenvalue weighted by atomic mass is 32.2. The van der Waals surface area contributed by atoms with Crippen molar-refractivity contribution in [1.82, 2.24) is 5.32 Å². The Balaban J connectivity index is 2.59. The van der Waals surface area contributed by atoms with Crippen LogP contribution in [-0.2, 0) is 0 Å². The molecule has 0 bridgehead atoms. The second-order valence-corrected chi connectivity index (χ2v) is 6.26. The maximum atomic E-state index is 11.9. The predicted molar refractivity (Wildman–Crippen MR) is 81.9 cm³/mol. The van der Waals surface area contributed by atoms with Crippen LogP contribution in [0.4, 0.5) is 0 Å². The molecule has 1 aromatic rings. The van der Waals surface area contributed by atoms with Gasteiger partial charge in [0.05, 0.1) is 5.60 Å². The number of thioether (sulfide) groups is 1. The van der Waals surface area contributed by atoms with Crippen LogP contribution >= 0.6 is 11.8 Å². The SMILES string of the molecule is CSCC(C)(O)CNC(=O)c1ccc(C(C)C)cc1. The van der Waals surface area contributed by atoms with Gasteiger partial charge in [-0.3, -0.25) is 4.79 Å². The van der Waals surface area contributed by atoms with E-state index >= 15 is 0 Å². The molecule has 106 valence electrons. The molecule has 1 amide bonds. The number of rotatable bonds is 6. The van der Waals surface area contributed by atoms with E-state index in [1.807, 2.05) is 30.5 Å². The Hall–Kier alpha value is -1.00. The number of benzene rings is 1. The second kappa shape index (κ2) is 6.96. The molecule has 1 unspecified atom stereocenters. The van der Waals surface area contributed by atoms with Gasteiger partial charge >= 0.3 is 0 Å². The Morgan fingerprint density at radius 2 is 1.95 bits per heavy atom. The van der Waals surface area contributed by atoms with Crippen molar-refractivity contribution in [2.24, 2.45) is 0 Å². The van der Waals surface area contributed by atoms with Crippen LogP contribution in [0.5, 0.6) is 0 Å². The van der Waals surface area contributed by atoms with E-state index in [0.717, 1.165) is 0 Å². The van der Waals surface area contributed by atoms with Crippen LogP contribution in [-0.4, -0.2) is 35.2 Å². The molecule has 0 spiro atoms. The first-order chi connectivity index (χ1) is 8.85. The number of aliphatic hydroxyl groups is 1. The van der Waals surface area contributed by atoms with Crippen molar-refractivity contribution in [2.75, 3.05) is 18.6 Å². The van der Waals surface area contributed by atoms with Gasteiger partial charge in [0, 0.05) is 17.9 Å². The summed E-state index contributed by atoms with van der Waals surface area (Å²) >= 11 is 1.56.